The lowest BCUT2D eigenvalue weighted by molar-refractivity contribution is -0.135. The molecular weight excluding hydrogens is 341 g/mol. The summed E-state index contributed by atoms with van der Waals surface area (Å²) >= 11 is 0. The molecule has 0 aliphatic carbocycles. The van der Waals surface area contributed by atoms with Gasteiger partial charge in [0.2, 0.25) is 6.10 Å². The average molecular weight is 361 g/mol. The Kier molecular flexibility index (Phi) is 4.40. The van der Waals surface area contributed by atoms with Gasteiger partial charge >= 0.3 is 0 Å². The highest BCUT2D eigenvalue weighted by Gasteiger charge is 2.51. The summed E-state index contributed by atoms with van der Waals surface area (Å²) < 4.78 is 19.4. The molecular formula is C23H20FNO2. The number of carbonyl (C=O) groups is 1. The number of β-lactam (4-membered cyclic amide) rings is 1. The van der Waals surface area contributed by atoms with Gasteiger partial charge < -0.3 is 4.74 Å². The summed E-state index contributed by atoms with van der Waals surface area (Å²) in [6, 6.07) is 21.4. The van der Waals surface area contributed by atoms with Gasteiger partial charge in [-0.2, -0.15) is 0 Å². The minimum Gasteiger partial charge on any atom is -0.478 e. The number of nitrogens with zero attached hydrogens (tertiary/aromatic N) is 1. The number of hydrogen-bond donors (Lipinski definition) is 0. The van der Waals surface area contributed by atoms with Gasteiger partial charge in [-0.3, -0.25) is 9.69 Å². The van der Waals surface area contributed by atoms with Gasteiger partial charge in [-0.15, -0.1) is 0 Å². The van der Waals surface area contributed by atoms with E-state index in [1.807, 2.05) is 62.4 Å². The standard InChI is InChI=1S/C23H20FNO2/c1-15-7-9-17(10-8-15)21-22(27-20-6-4-3-5-16(20)2)23(26)25(21)19-13-11-18(24)12-14-19/h3-14,21-22H,1-2H3/t21-,22+/m1/s1. The number of halogens is 1. The Labute approximate surface area is 158 Å². The van der Waals surface area contributed by atoms with Gasteiger partial charge in [0.25, 0.3) is 5.91 Å². The second kappa shape index (κ2) is 6.88. The molecule has 1 heterocycles. The lowest BCUT2D eigenvalue weighted by atomic mass is 9.89. The van der Waals surface area contributed by atoms with Gasteiger partial charge in [-0.25, -0.2) is 4.39 Å². The van der Waals surface area contributed by atoms with Crippen molar-refractivity contribution in [1.82, 2.24) is 0 Å². The molecule has 0 saturated carbocycles. The van der Waals surface area contributed by atoms with E-state index in [4.69, 9.17) is 4.74 Å². The molecule has 136 valence electrons. The monoisotopic (exact) mass is 361 g/mol. The number of para-hydroxylation sites is 1. The fourth-order valence-electron chi connectivity index (χ4n) is 3.38. The van der Waals surface area contributed by atoms with Gasteiger partial charge in [0.05, 0.1) is 0 Å². The molecule has 1 aliphatic heterocycles. The van der Waals surface area contributed by atoms with Crippen molar-refractivity contribution in [3.8, 4) is 5.75 Å². The van der Waals surface area contributed by atoms with E-state index in [0.29, 0.717) is 11.4 Å². The highest BCUT2D eigenvalue weighted by Crippen LogP contribution is 2.41. The predicted octanol–water partition coefficient (Wildman–Crippen LogP) is 4.98. The molecule has 1 saturated heterocycles. The van der Waals surface area contributed by atoms with Crippen molar-refractivity contribution in [2.45, 2.75) is 26.0 Å². The first kappa shape index (κ1) is 17.3. The lowest BCUT2D eigenvalue weighted by Crippen LogP contribution is -2.61. The largest absolute Gasteiger partial charge is 0.478 e. The van der Waals surface area contributed by atoms with Gasteiger partial charge in [-0.1, -0.05) is 48.0 Å². The predicted molar refractivity (Wildman–Crippen MR) is 103 cm³/mol. The molecule has 0 bridgehead atoms. The molecule has 0 spiro atoms. The average Bonchev–Trinajstić information content (AvgIpc) is 2.67. The van der Waals surface area contributed by atoms with E-state index in [1.165, 1.54) is 12.1 Å². The van der Waals surface area contributed by atoms with Crippen molar-refractivity contribution in [1.29, 1.82) is 0 Å². The topological polar surface area (TPSA) is 29.5 Å². The molecule has 3 aromatic rings. The van der Waals surface area contributed by atoms with Crippen LogP contribution in [0.1, 0.15) is 22.7 Å². The first-order valence-corrected chi connectivity index (χ1v) is 8.92. The zero-order valence-corrected chi connectivity index (χ0v) is 15.2. The molecule has 4 rings (SSSR count). The van der Waals surface area contributed by atoms with Gasteiger partial charge in [0.15, 0.2) is 0 Å². The number of anilines is 1. The van der Waals surface area contributed by atoms with Crippen molar-refractivity contribution < 1.29 is 13.9 Å². The quantitative estimate of drug-likeness (QED) is 0.614. The van der Waals surface area contributed by atoms with E-state index >= 15 is 0 Å². The zero-order valence-electron chi connectivity index (χ0n) is 15.2. The molecule has 0 unspecified atom stereocenters. The summed E-state index contributed by atoms with van der Waals surface area (Å²) in [5.41, 5.74) is 3.78. The Morgan fingerprint density at radius 1 is 0.889 bits per heavy atom. The number of amides is 1. The number of rotatable bonds is 4. The fourth-order valence-corrected chi connectivity index (χ4v) is 3.38. The van der Waals surface area contributed by atoms with E-state index in [2.05, 4.69) is 0 Å². The highest BCUT2D eigenvalue weighted by atomic mass is 19.1. The minimum absolute atomic E-state index is 0.129. The molecule has 1 amide bonds. The Bertz CT molecular complexity index is 966. The molecule has 4 heteroatoms. The SMILES string of the molecule is Cc1ccc([C@@H]2[C@H](Oc3ccccc3C)C(=O)N2c2ccc(F)cc2)cc1. The number of hydrogen-bond acceptors (Lipinski definition) is 2. The maximum Gasteiger partial charge on any atom is 0.271 e. The summed E-state index contributed by atoms with van der Waals surface area (Å²) in [6.07, 6.45) is -0.612. The van der Waals surface area contributed by atoms with Crippen LogP contribution in [0.15, 0.2) is 72.8 Å². The number of aryl methyl sites for hydroxylation is 2. The summed E-state index contributed by atoms with van der Waals surface area (Å²) in [7, 11) is 0. The molecule has 1 aliphatic rings. The zero-order chi connectivity index (χ0) is 19.0. The third kappa shape index (κ3) is 3.19. The first-order valence-electron chi connectivity index (χ1n) is 8.92. The Hall–Kier alpha value is -3.14. The van der Waals surface area contributed by atoms with Crippen LogP contribution in [0, 0.1) is 19.7 Å². The first-order chi connectivity index (χ1) is 13.0. The normalized spacial score (nSPS) is 18.9. The Morgan fingerprint density at radius 2 is 1.56 bits per heavy atom. The van der Waals surface area contributed by atoms with E-state index in [-0.39, 0.29) is 17.8 Å². The van der Waals surface area contributed by atoms with Crippen molar-refractivity contribution in [3.63, 3.8) is 0 Å². The molecule has 1 fully saturated rings. The second-order valence-corrected chi connectivity index (χ2v) is 6.84. The summed E-state index contributed by atoms with van der Waals surface area (Å²) in [5, 5.41) is 0. The molecule has 0 radical (unpaired) electrons. The molecule has 0 aromatic heterocycles. The molecule has 3 aromatic carbocycles. The van der Waals surface area contributed by atoms with E-state index in [1.54, 1.807) is 17.0 Å². The minimum atomic E-state index is -0.612. The van der Waals surface area contributed by atoms with Gasteiger partial charge in [0, 0.05) is 5.69 Å². The van der Waals surface area contributed by atoms with Gasteiger partial charge in [-0.05, 0) is 55.3 Å². The highest BCUT2D eigenvalue weighted by molar-refractivity contribution is 6.05. The second-order valence-electron chi connectivity index (χ2n) is 6.84. The summed E-state index contributed by atoms with van der Waals surface area (Å²) in [5.74, 6) is 0.244. The van der Waals surface area contributed by atoms with Crippen LogP contribution in [0.5, 0.6) is 5.75 Å². The third-order valence-electron chi connectivity index (χ3n) is 4.92. The molecule has 0 N–H and O–H groups in total. The maximum atomic E-state index is 13.3. The van der Waals surface area contributed by atoms with Crippen LogP contribution in [0.2, 0.25) is 0 Å². The summed E-state index contributed by atoms with van der Waals surface area (Å²) in [6.45, 7) is 3.98. The Morgan fingerprint density at radius 3 is 2.22 bits per heavy atom. The van der Waals surface area contributed by atoms with Crippen LogP contribution >= 0.6 is 0 Å². The van der Waals surface area contributed by atoms with E-state index in [9.17, 15) is 9.18 Å². The number of benzene rings is 3. The third-order valence-corrected chi connectivity index (χ3v) is 4.92. The number of ether oxygens (including phenoxy) is 1. The van der Waals surface area contributed by atoms with Crippen LogP contribution in [0.3, 0.4) is 0 Å². The van der Waals surface area contributed by atoms with Crippen molar-refractivity contribution in [3.05, 3.63) is 95.3 Å². The lowest BCUT2D eigenvalue weighted by Gasteiger charge is -2.46. The van der Waals surface area contributed by atoms with Crippen molar-refractivity contribution in [2.24, 2.45) is 0 Å². The van der Waals surface area contributed by atoms with Gasteiger partial charge in [0.1, 0.15) is 17.6 Å². The van der Waals surface area contributed by atoms with Crippen molar-refractivity contribution in [2.75, 3.05) is 4.90 Å². The number of carbonyl (C=O) groups excluding carboxylic acids is 1. The molecule has 27 heavy (non-hydrogen) atoms. The van der Waals surface area contributed by atoms with Crippen LogP contribution in [-0.2, 0) is 4.79 Å². The summed E-state index contributed by atoms with van der Waals surface area (Å²) in [4.78, 5) is 14.6. The fraction of sp³-hybridized carbons (Fsp3) is 0.174. The Balaban J connectivity index is 1.70. The van der Waals surface area contributed by atoms with Crippen LogP contribution in [0.25, 0.3) is 0 Å². The smallest absolute Gasteiger partial charge is 0.271 e. The van der Waals surface area contributed by atoms with E-state index in [0.717, 1.165) is 16.7 Å². The molecule has 3 nitrogen and oxygen atoms in total. The van der Waals surface area contributed by atoms with Crippen LogP contribution < -0.4 is 9.64 Å². The van der Waals surface area contributed by atoms with Crippen LogP contribution in [-0.4, -0.2) is 12.0 Å². The molecule has 2 atom stereocenters. The van der Waals surface area contributed by atoms with Crippen LogP contribution in [0.4, 0.5) is 10.1 Å². The maximum absolute atomic E-state index is 13.3. The van der Waals surface area contributed by atoms with Crippen molar-refractivity contribution >= 4 is 11.6 Å². The van der Waals surface area contributed by atoms with E-state index < -0.39 is 6.10 Å².